The molecule has 1 N–H and O–H groups in total. The maximum Gasteiger partial charge on any atom is 0.306 e. The standard InChI is InChI=1S/C12H18N2O4/c1-4-18-11(15)6-5-9-8(2)13-10(7-17-3)14-12(9)16/h4-7H2,1-3H3,(H,13,14,16). The lowest BCUT2D eigenvalue weighted by molar-refractivity contribution is -0.143. The first kappa shape index (κ1) is 14.4. The van der Waals surface area contributed by atoms with Crippen molar-refractivity contribution in [3.8, 4) is 0 Å². The second-order valence-corrected chi connectivity index (χ2v) is 3.81. The number of ether oxygens (including phenoxy) is 2. The Bertz CT molecular complexity index is 468. The van der Waals surface area contributed by atoms with Gasteiger partial charge in [-0.2, -0.15) is 0 Å². The fourth-order valence-corrected chi connectivity index (χ4v) is 1.63. The summed E-state index contributed by atoms with van der Waals surface area (Å²) in [5.41, 5.74) is 0.914. The summed E-state index contributed by atoms with van der Waals surface area (Å²) in [5.74, 6) is 0.178. The fourth-order valence-electron chi connectivity index (χ4n) is 1.63. The van der Waals surface area contributed by atoms with Gasteiger partial charge in [-0.1, -0.05) is 0 Å². The van der Waals surface area contributed by atoms with Crippen LogP contribution in [-0.2, 0) is 27.3 Å². The Morgan fingerprint density at radius 2 is 2.17 bits per heavy atom. The first-order chi connectivity index (χ1) is 8.58. The van der Waals surface area contributed by atoms with Crippen LogP contribution in [0.3, 0.4) is 0 Å². The number of aromatic amines is 1. The number of hydrogen-bond donors (Lipinski definition) is 1. The van der Waals surface area contributed by atoms with Gasteiger partial charge in [0, 0.05) is 24.8 Å². The average Bonchev–Trinajstić information content (AvgIpc) is 2.28. The van der Waals surface area contributed by atoms with Crippen LogP contribution in [0, 0.1) is 6.92 Å². The second kappa shape index (κ2) is 6.90. The zero-order valence-electron chi connectivity index (χ0n) is 10.9. The monoisotopic (exact) mass is 254 g/mol. The smallest absolute Gasteiger partial charge is 0.306 e. The van der Waals surface area contributed by atoms with Crippen LogP contribution < -0.4 is 5.56 Å². The van der Waals surface area contributed by atoms with Gasteiger partial charge in [0.25, 0.3) is 5.56 Å². The van der Waals surface area contributed by atoms with Crippen LogP contribution in [0.5, 0.6) is 0 Å². The van der Waals surface area contributed by atoms with Crippen LogP contribution >= 0.6 is 0 Å². The summed E-state index contributed by atoms with van der Waals surface area (Å²) >= 11 is 0. The number of H-pyrrole nitrogens is 1. The van der Waals surface area contributed by atoms with E-state index < -0.39 is 0 Å². The molecule has 0 spiro atoms. The van der Waals surface area contributed by atoms with Crippen LogP contribution in [-0.4, -0.2) is 29.7 Å². The molecule has 0 aliphatic heterocycles. The van der Waals surface area contributed by atoms with E-state index in [1.165, 1.54) is 7.11 Å². The third-order valence-corrected chi connectivity index (χ3v) is 2.44. The van der Waals surface area contributed by atoms with Gasteiger partial charge < -0.3 is 14.5 Å². The Balaban J connectivity index is 2.77. The van der Waals surface area contributed by atoms with Crippen molar-refractivity contribution in [3.05, 3.63) is 27.4 Å². The number of carbonyl (C=O) groups is 1. The number of carbonyl (C=O) groups excluding carboxylic acids is 1. The number of rotatable bonds is 6. The number of hydrogen-bond acceptors (Lipinski definition) is 5. The van der Waals surface area contributed by atoms with Gasteiger partial charge in [0.2, 0.25) is 0 Å². The lowest BCUT2D eigenvalue weighted by atomic mass is 10.1. The minimum absolute atomic E-state index is 0.184. The van der Waals surface area contributed by atoms with Crippen molar-refractivity contribution in [2.75, 3.05) is 13.7 Å². The van der Waals surface area contributed by atoms with Gasteiger partial charge in [0.05, 0.1) is 6.61 Å². The van der Waals surface area contributed by atoms with Gasteiger partial charge in [-0.3, -0.25) is 9.59 Å². The van der Waals surface area contributed by atoms with E-state index >= 15 is 0 Å². The maximum absolute atomic E-state index is 11.8. The molecule has 100 valence electrons. The molecule has 0 saturated carbocycles. The molecule has 1 rings (SSSR count). The zero-order chi connectivity index (χ0) is 13.5. The first-order valence-electron chi connectivity index (χ1n) is 5.81. The predicted molar refractivity (Wildman–Crippen MR) is 65.3 cm³/mol. The summed E-state index contributed by atoms with van der Waals surface area (Å²) in [5, 5.41) is 0. The Hall–Kier alpha value is -1.69. The number of aromatic nitrogens is 2. The summed E-state index contributed by atoms with van der Waals surface area (Å²) in [6.45, 7) is 4.10. The minimum atomic E-state index is -0.308. The highest BCUT2D eigenvalue weighted by Crippen LogP contribution is 2.04. The topological polar surface area (TPSA) is 81.3 Å². The Morgan fingerprint density at radius 1 is 1.44 bits per heavy atom. The molecule has 0 fully saturated rings. The molecule has 0 amide bonds. The van der Waals surface area contributed by atoms with Crippen molar-refractivity contribution in [2.24, 2.45) is 0 Å². The van der Waals surface area contributed by atoms with E-state index in [9.17, 15) is 9.59 Å². The molecule has 18 heavy (non-hydrogen) atoms. The number of methoxy groups -OCH3 is 1. The average molecular weight is 254 g/mol. The summed E-state index contributed by atoms with van der Waals surface area (Å²) in [4.78, 5) is 29.9. The molecule has 6 nitrogen and oxygen atoms in total. The molecule has 1 aromatic rings. The van der Waals surface area contributed by atoms with Gasteiger partial charge >= 0.3 is 5.97 Å². The van der Waals surface area contributed by atoms with E-state index in [1.54, 1.807) is 13.8 Å². The van der Waals surface area contributed by atoms with Crippen LogP contribution in [0.4, 0.5) is 0 Å². The van der Waals surface area contributed by atoms with Crippen molar-refractivity contribution in [2.45, 2.75) is 33.3 Å². The van der Waals surface area contributed by atoms with Crippen molar-refractivity contribution >= 4 is 5.97 Å². The molecule has 6 heteroatoms. The minimum Gasteiger partial charge on any atom is -0.466 e. The third-order valence-electron chi connectivity index (χ3n) is 2.44. The molecule has 0 aliphatic carbocycles. The second-order valence-electron chi connectivity index (χ2n) is 3.81. The SMILES string of the molecule is CCOC(=O)CCc1c(C)nc(COC)[nH]c1=O. The fraction of sp³-hybridized carbons (Fsp3) is 0.583. The molecule has 0 atom stereocenters. The Kier molecular flexibility index (Phi) is 5.51. The molecule has 0 aliphatic rings. The largest absolute Gasteiger partial charge is 0.466 e. The van der Waals surface area contributed by atoms with Gasteiger partial charge in [-0.15, -0.1) is 0 Å². The maximum atomic E-state index is 11.8. The molecule has 0 bridgehead atoms. The first-order valence-corrected chi connectivity index (χ1v) is 5.81. The van der Waals surface area contributed by atoms with Crippen molar-refractivity contribution in [1.29, 1.82) is 0 Å². The van der Waals surface area contributed by atoms with Crippen LogP contribution in [0.15, 0.2) is 4.79 Å². The molecule has 1 heterocycles. The molecule has 1 aromatic heterocycles. The zero-order valence-corrected chi connectivity index (χ0v) is 10.9. The lowest BCUT2D eigenvalue weighted by Crippen LogP contribution is -2.20. The summed E-state index contributed by atoms with van der Waals surface area (Å²) in [6.07, 6.45) is 0.517. The number of aryl methyl sites for hydroxylation is 1. The van der Waals surface area contributed by atoms with Crippen LogP contribution in [0.25, 0.3) is 0 Å². The quantitative estimate of drug-likeness (QED) is 0.756. The van der Waals surface area contributed by atoms with Crippen LogP contribution in [0.1, 0.15) is 30.4 Å². The highest BCUT2D eigenvalue weighted by molar-refractivity contribution is 5.69. The van der Waals surface area contributed by atoms with Crippen molar-refractivity contribution < 1.29 is 14.3 Å². The molecular formula is C12H18N2O4. The van der Waals surface area contributed by atoms with E-state index in [-0.39, 0.29) is 24.6 Å². The molecule has 0 radical (unpaired) electrons. The van der Waals surface area contributed by atoms with E-state index in [2.05, 4.69) is 9.97 Å². The van der Waals surface area contributed by atoms with E-state index in [0.717, 1.165) is 0 Å². The Labute approximate surface area is 105 Å². The Morgan fingerprint density at radius 3 is 2.72 bits per heavy atom. The van der Waals surface area contributed by atoms with E-state index in [0.29, 0.717) is 30.1 Å². The third kappa shape index (κ3) is 3.96. The van der Waals surface area contributed by atoms with Gasteiger partial charge in [-0.05, 0) is 20.3 Å². The highest BCUT2D eigenvalue weighted by atomic mass is 16.5. The normalized spacial score (nSPS) is 10.4. The van der Waals surface area contributed by atoms with Gasteiger partial charge in [0.15, 0.2) is 0 Å². The number of nitrogens with zero attached hydrogens (tertiary/aromatic N) is 1. The highest BCUT2D eigenvalue weighted by Gasteiger charge is 2.10. The van der Waals surface area contributed by atoms with E-state index in [4.69, 9.17) is 9.47 Å². The van der Waals surface area contributed by atoms with Crippen molar-refractivity contribution in [3.63, 3.8) is 0 Å². The van der Waals surface area contributed by atoms with Crippen LogP contribution in [0.2, 0.25) is 0 Å². The van der Waals surface area contributed by atoms with Gasteiger partial charge in [-0.25, -0.2) is 4.98 Å². The predicted octanol–water partition coefficient (Wildman–Crippen LogP) is 0.720. The summed E-state index contributed by atoms with van der Waals surface area (Å²) in [6, 6.07) is 0. The van der Waals surface area contributed by atoms with Gasteiger partial charge in [0.1, 0.15) is 12.4 Å². The number of nitrogens with one attached hydrogen (secondary N) is 1. The summed E-state index contributed by atoms with van der Waals surface area (Å²) < 4.78 is 9.72. The molecular weight excluding hydrogens is 236 g/mol. The van der Waals surface area contributed by atoms with Crippen molar-refractivity contribution in [1.82, 2.24) is 9.97 Å². The molecule has 0 saturated heterocycles. The lowest BCUT2D eigenvalue weighted by Gasteiger charge is -2.06. The summed E-state index contributed by atoms with van der Waals surface area (Å²) in [7, 11) is 1.53. The van der Waals surface area contributed by atoms with E-state index in [1.807, 2.05) is 0 Å². The molecule has 0 aromatic carbocycles. The number of esters is 1. The molecule has 0 unspecified atom stereocenters.